The highest BCUT2D eigenvalue weighted by atomic mass is 16.5. The molecule has 0 heterocycles. The molecule has 0 unspecified atom stereocenters. The molecular formula is C16H24N2O3. The Morgan fingerprint density at radius 2 is 1.90 bits per heavy atom. The van der Waals surface area contributed by atoms with Gasteiger partial charge in [-0.15, -0.1) is 0 Å². The van der Waals surface area contributed by atoms with Crippen LogP contribution >= 0.6 is 0 Å². The average Bonchev–Trinajstić information content (AvgIpc) is 2.47. The van der Waals surface area contributed by atoms with E-state index in [4.69, 9.17) is 4.74 Å². The van der Waals surface area contributed by atoms with Gasteiger partial charge in [-0.3, -0.25) is 9.59 Å². The van der Waals surface area contributed by atoms with Crippen molar-refractivity contribution >= 4 is 11.9 Å². The van der Waals surface area contributed by atoms with E-state index in [1.54, 1.807) is 7.05 Å². The van der Waals surface area contributed by atoms with Gasteiger partial charge in [-0.05, 0) is 44.6 Å². The molecule has 0 bridgehead atoms. The molecule has 0 aliphatic carbocycles. The molecule has 5 heteroatoms. The van der Waals surface area contributed by atoms with E-state index in [2.05, 4.69) is 10.2 Å². The lowest BCUT2D eigenvalue weighted by Crippen LogP contribution is -2.20. The highest BCUT2D eigenvalue weighted by Gasteiger charge is 2.06. The van der Waals surface area contributed by atoms with Gasteiger partial charge in [-0.25, -0.2) is 0 Å². The largest absolute Gasteiger partial charge is 0.466 e. The Kier molecular flexibility index (Phi) is 7.46. The molecule has 21 heavy (non-hydrogen) atoms. The number of hydrogen-bond donors (Lipinski definition) is 1. The molecule has 1 amide bonds. The van der Waals surface area contributed by atoms with Crippen molar-refractivity contribution in [2.45, 2.75) is 26.3 Å². The smallest absolute Gasteiger partial charge is 0.305 e. The van der Waals surface area contributed by atoms with Gasteiger partial charge in [-0.2, -0.15) is 0 Å². The van der Waals surface area contributed by atoms with Crippen molar-refractivity contribution in [3.05, 3.63) is 35.4 Å². The summed E-state index contributed by atoms with van der Waals surface area (Å²) >= 11 is 0. The summed E-state index contributed by atoms with van der Waals surface area (Å²) in [6.07, 6.45) is 1.24. The standard InChI is InChI=1S/C16H24N2O3/c1-4-21-15(19)6-5-11-18(3)12-13-7-9-14(10-8-13)16(20)17-2/h7-10H,4-6,11-12H2,1-3H3,(H,17,20). The predicted octanol–water partition coefficient (Wildman–Crippen LogP) is 1.82. The maximum Gasteiger partial charge on any atom is 0.305 e. The fraction of sp³-hybridized carbons (Fsp3) is 0.500. The van der Waals surface area contributed by atoms with Gasteiger partial charge in [0, 0.05) is 25.6 Å². The topological polar surface area (TPSA) is 58.6 Å². The minimum absolute atomic E-state index is 0.0793. The summed E-state index contributed by atoms with van der Waals surface area (Å²) in [5.74, 6) is -0.217. The number of amides is 1. The molecular weight excluding hydrogens is 268 g/mol. The number of carbonyl (C=O) groups excluding carboxylic acids is 2. The first-order chi connectivity index (χ1) is 10.1. The summed E-state index contributed by atoms with van der Waals surface area (Å²) in [4.78, 5) is 24.8. The zero-order valence-electron chi connectivity index (χ0n) is 13.0. The molecule has 0 aliphatic heterocycles. The lowest BCUT2D eigenvalue weighted by molar-refractivity contribution is -0.143. The Balaban J connectivity index is 2.35. The lowest BCUT2D eigenvalue weighted by Gasteiger charge is -2.16. The van der Waals surface area contributed by atoms with Gasteiger partial charge in [0.25, 0.3) is 5.91 Å². The molecule has 0 aromatic heterocycles. The van der Waals surface area contributed by atoms with Gasteiger partial charge in [0.05, 0.1) is 6.61 Å². The fourth-order valence-corrected chi connectivity index (χ4v) is 2.02. The SMILES string of the molecule is CCOC(=O)CCCN(C)Cc1ccc(C(=O)NC)cc1. The van der Waals surface area contributed by atoms with E-state index in [9.17, 15) is 9.59 Å². The van der Waals surface area contributed by atoms with Crippen LogP contribution in [0.4, 0.5) is 0 Å². The highest BCUT2D eigenvalue weighted by Crippen LogP contribution is 2.07. The minimum atomic E-state index is -0.138. The molecule has 0 radical (unpaired) electrons. The average molecular weight is 292 g/mol. The van der Waals surface area contributed by atoms with E-state index in [0.29, 0.717) is 18.6 Å². The molecule has 1 aromatic rings. The summed E-state index contributed by atoms with van der Waals surface area (Å²) in [5, 5.41) is 2.60. The normalized spacial score (nSPS) is 10.5. The third-order valence-electron chi connectivity index (χ3n) is 3.12. The van der Waals surface area contributed by atoms with Crippen molar-refractivity contribution in [2.75, 3.05) is 27.2 Å². The van der Waals surface area contributed by atoms with E-state index in [1.807, 2.05) is 38.2 Å². The number of rotatable bonds is 8. The van der Waals surface area contributed by atoms with Crippen molar-refractivity contribution in [1.82, 2.24) is 10.2 Å². The Hall–Kier alpha value is -1.88. The van der Waals surface area contributed by atoms with Crippen LogP contribution in [0.15, 0.2) is 24.3 Å². The Bertz CT molecular complexity index is 457. The molecule has 0 fully saturated rings. The van der Waals surface area contributed by atoms with E-state index in [-0.39, 0.29) is 11.9 Å². The lowest BCUT2D eigenvalue weighted by atomic mass is 10.1. The summed E-state index contributed by atoms with van der Waals surface area (Å²) in [6, 6.07) is 7.54. The first-order valence-corrected chi connectivity index (χ1v) is 7.22. The van der Waals surface area contributed by atoms with E-state index < -0.39 is 0 Å². The van der Waals surface area contributed by atoms with Crippen LogP contribution in [0.2, 0.25) is 0 Å². The van der Waals surface area contributed by atoms with Crippen LogP contribution in [-0.4, -0.2) is 44.0 Å². The molecule has 0 saturated carbocycles. The van der Waals surface area contributed by atoms with Crippen molar-refractivity contribution < 1.29 is 14.3 Å². The quantitative estimate of drug-likeness (QED) is 0.743. The minimum Gasteiger partial charge on any atom is -0.466 e. The number of carbonyl (C=O) groups is 2. The molecule has 0 spiro atoms. The van der Waals surface area contributed by atoms with Gasteiger partial charge in [0.1, 0.15) is 0 Å². The Morgan fingerprint density at radius 3 is 2.48 bits per heavy atom. The summed E-state index contributed by atoms with van der Waals surface area (Å²) < 4.78 is 4.89. The van der Waals surface area contributed by atoms with Gasteiger partial charge in [0.2, 0.25) is 0 Å². The van der Waals surface area contributed by atoms with Crippen LogP contribution < -0.4 is 5.32 Å². The molecule has 5 nitrogen and oxygen atoms in total. The molecule has 1 rings (SSSR count). The van der Waals surface area contributed by atoms with Crippen LogP contribution in [0.3, 0.4) is 0 Å². The number of nitrogens with one attached hydrogen (secondary N) is 1. The van der Waals surface area contributed by atoms with E-state index >= 15 is 0 Å². The van der Waals surface area contributed by atoms with Crippen LogP contribution in [0.1, 0.15) is 35.7 Å². The summed E-state index contributed by atoms with van der Waals surface area (Å²) in [5.41, 5.74) is 1.80. The number of benzene rings is 1. The monoisotopic (exact) mass is 292 g/mol. The fourth-order valence-electron chi connectivity index (χ4n) is 2.02. The summed E-state index contributed by atoms with van der Waals surface area (Å²) in [7, 11) is 3.63. The van der Waals surface area contributed by atoms with Crippen molar-refractivity contribution in [3.63, 3.8) is 0 Å². The first kappa shape index (κ1) is 17.2. The van der Waals surface area contributed by atoms with E-state index in [0.717, 1.165) is 25.1 Å². The number of ether oxygens (including phenoxy) is 1. The third-order valence-corrected chi connectivity index (χ3v) is 3.12. The van der Waals surface area contributed by atoms with Gasteiger partial charge >= 0.3 is 5.97 Å². The zero-order chi connectivity index (χ0) is 15.7. The van der Waals surface area contributed by atoms with E-state index in [1.165, 1.54) is 0 Å². The molecule has 1 aromatic carbocycles. The maximum atomic E-state index is 11.4. The van der Waals surface area contributed by atoms with Crippen LogP contribution in [-0.2, 0) is 16.1 Å². The van der Waals surface area contributed by atoms with Gasteiger partial charge < -0.3 is 15.0 Å². The van der Waals surface area contributed by atoms with Crippen molar-refractivity contribution in [1.29, 1.82) is 0 Å². The number of hydrogen-bond acceptors (Lipinski definition) is 4. The molecule has 1 N–H and O–H groups in total. The van der Waals surface area contributed by atoms with Gasteiger partial charge in [-0.1, -0.05) is 12.1 Å². The predicted molar refractivity (Wildman–Crippen MR) is 82.0 cm³/mol. The second kappa shape index (κ2) is 9.13. The van der Waals surface area contributed by atoms with Crippen molar-refractivity contribution in [2.24, 2.45) is 0 Å². The second-order valence-corrected chi connectivity index (χ2v) is 4.92. The molecule has 0 aliphatic rings. The molecule has 116 valence electrons. The van der Waals surface area contributed by atoms with Crippen molar-refractivity contribution in [3.8, 4) is 0 Å². The molecule has 0 atom stereocenters. The Morgan fingerprint density at radius 1 is 1.24 bits per heavy atom. The van der Waals surface area contributed by atoms with Gasteiger partial charge in [0.15, 0.2) is 0 Å². The highest BCUT2D eigenvalue weighted by molar-refractivity contribution is 5.93. The first-order valence-electron chi connectivity index (χ1n) is 7.22. The maximum absolute atomic E-state index is 11.4. The van der Waals surface area contributed by atoms with Crippen LogP contribution in [0.25, 0.3) is 0 Å². The Labute approximate surface area is 126 Å². The number of nitrogens with zero attached hydrogens (tertiary/aromatic N) is 1. The zero-order valence-corrected chi connectivity index (χ0v) is 13.0. The van der Waals surface area contributed by atoms with Crippen LogP contribution in [0, 0.1) is 0 Å². The van der Waals surface area contributed by atoms with Crippen LogP contribution in [0.5, 0.6) is 0 Å². The molecule has 0 saturated heterocycles. The summed E-state index contributed by atoms with van der Waals surface area (Å²) in [6.45, 7) is 3.87. The third kappa shape index (κ3) is 6.40. The second-order valence-electron chi connectivity index (χ2n) is 4.92. The number of esters is 1.